The monoisotopic (exact) mass is 303 g/mol. The molecule has 0 saturated carbocycles. The molecular weight excluding hydrogens is 288 g/mol. The summed E-state index contributed by atoms with van der Waals surface area (Å²) < 4.78 is 15.2. The van der Waals surface area contributed by atoms with Gasteiger partial charge in [0, 0.05) is 0 Å². The number of aryl methyl sites for hydroxylation is 2. The maximum Gasteiger partial charge on any atom is 0.289 e. The third kappa shape index (κ3) is 1.94. The molecule has 2 heterocycles. The van der Waals surface area contributed by atoms with Crippen LogP contribution in [0.1, 0.15) is 0 Å². The van der Waals surface area contributed by atoms with E-state index in [1.165, 1.54) is 11.0 Å². The van der Waals surface area contributed by atoms with Crippen molar-refractivity contribution in [2.24, 2.45) is 14.1 Å². The van der Waals surface area contributed by atoms with Gasteiger partial charge in [0.1, 0.15) is 0 Å². The van der Waals surface area contributed by atoms with Gasteiger partial charge >= 0.3 is 0 Å². The average molecular weight is 304 g/mol. The fraction of sp³-hybridized carbons (Fsp3) is 0.188. The smallest absolute Gasteiger partial charge is 0.289 e. The SMILES string of the molecule is Cl.Cn1c(-c2ccc3c(c2)OCO3)[n+](C)c2ccccc21. The van der Waals surface area contributed by atoms with E-state index in [1.54, 1.807) is 0 Å². The van der Waals surface area contributed by atoms with E-state index in [4.69, 9.17) is 9.47 Å². The predicted octanol–water partition coefficient (Wildman–Crippen LogP) is 2.82. The first-order chi connectivity index (χ1) is 9.75. The molecule has 1 aliphatic heterocycles. The number of rotatable bonds is 1. The summed E-state index contributed by atoms with van der Waals surface area (Å²) in [5.41, 5.74) is 3.54. The molecular formula is C16H16ClN2O2+. The summed E-state index contributed by atoms with van der Waals surface area (Å²) in [5.74, 6) is 2.77. The van der Waals surface area contributed by atoms with E-state index in [0.717, 1.165) is 22.9 Å². The minimum atomic E-state index is 0. The van der Waals surface area contributed by atoms with Crippen molar-refractivity contribution in [2.45, 2.75) is 0 Å². The molecule has 21 heavy (non-hydrogen) atoms. The van der Waals surface area contributed by atoms with Crippen molar-refractivity contribution in [1.29, 1.82) is 0 Å². The Kier molecular flexibility index (Phi) is 3.26. The molecule has 0 fully saturated rings. The van der Waals surface area contributed by atoms with E-state index < -0.39 is 0 Å². The Balaban J connectivity index is 0.00000132. The lowest BCUT2D eigenvalue weighted by molar-refractivity contribution is -0.634. The fourth-order valence-electron chi connectivity index (χ4n) is 2.91. The van der Waals surface area contributed by atoms with Crippen LogP contribution in [0.2, 0.25) is 0 Å². The molecule has 1 aromatic heterocycles. The van der Waals surface area contributed by atoms with Crippen molar-refractivity contribution in [3.05, 3.63) is 42.5 Å². The molecule has 0 N–H and O–H groups in total. The van der Waals surface area contributed by atoms with Gasteiger partial charge in [-0.25, -0.2) is 9.13 Å². The van der Waals surface area contributed by atoms with Crippen molar-refractivity contribution < 1.29 is 14.0 Å². The van der Waals surface area contributed by atoms with Gasteiger partial charge in [0.05, 0.1) is 19.7 Å². The lowest BCUT2D eigenvalue weighted by Gasteiger charge is -2.01. The fourth-order valence-corrected chi connectivity index (χ4v) is 2.91. The van der Waals surface area contributed by atoms with Crippen LogP contribution in [-0.4, -0.2) is 11.4 Å². The first-order valence-corrected chi connectivity index (χ1v) is 6.59. The van der Waals surface area contributed by atoms with E-state index >= 15 is 0 Å². The quantitative estimate of drug-likeness (QED) is 0.647. The number of benzene rings is 2. The van der Waals surface area contributed by atoms with Gasteiger partial charge < -0.3 is 9.47 Å². The highest BCUT2D eigenvalue weighted by Crippen LogP contribution is 2.35. The molecule has 4 rings (SSSR count). The van der Waals surface area contributed by atoms with Gasteiger partial charge in [-0.2, -0.15) is 0 Å². The van der Waals surface area contributed by atoms with Crippen molar-refractivity contribution in [3.63, 3.8) is 0 Å². The van der Waals surface area contributed by atoms with E-state index in [0.29, 0.717) is 6.79 Å². The number of hydrogen-bond acceptors (Lipinski definition) is 2. The van der Waals surface area contributed by atoms with Crippen LogP contribution >= 0.6 is 12.4 Å². The number of nitrogens with zero attached hydrogens (tertiary/aromatic N) is 2. The first-order valence-electron chi connectivity index (χ1n) is 6.59. The minimum Gasteiger partial charge on any atom is -0.454 e. The standard InChI is InChI=1S/C16H15N2O2.ClH/c1-17-12-5-3-4-6-13(12)18(2)16(17)11-7-8-14-15(9-11)20-10-19-14;/h3-9H,10H2,1-2H3;1H/q+1;. The summed E-state index contributed by atoms with van der Waals surface area (Å²) in [5, 5.41) is 0. The third-order valence-corrected chi connectivity index (χ3v) is 3.87. The topological polar surface area (TPSA) is 27.3 Å². The highest BCUT2D eigenvalue weighted by atomic mass is 35.5. The summed E-state index contributed by atoms with van der Waals surface area (Å²) >= 11 is 0. The predicted molar refractivity (Wildman–Crippen MR) is 82.9 cm³/mol. The molecule has 0 unspecified atom stereocenters. The molecule has 3 aromatic rings. The number of para-hydroxylation sites is 2. The van der Waals surface area contributed by atoms with E-state index in [2.05, 4.69) is 53.6 Å². The zero-order valence-corrected chi connectivity index (χ0v) is 12.7. The van der Waals surface area contributed by atoms with Gasteiger partial charge in [0.15, 0.2) is 22.5 Å². The zero-order valence-electron chi connectivity index (χ0n) is 11.9. The Labute approximate surface area is 128 Å². The normalized spacial score (nSPS) is 12.5. The Morgan fingerprint density at radius 3 is 2.62 bits per heavy atom. The number of halogens is 1. The van der Waals surface area contributed by atoms with Crippen LogP contribution in [0.5, 0.6) is 11.5 Å². The van der Waals surface area contributed by atoms with Gasteiger partial charge in [0.2, 0.25) is 6.79 Å². The van der Waals surface area contributed by atoms with Crippen LogP contribution in [0.4, 0.5) is 0 Å². The van der Waals surface area contributed by atoms with E-state index in [-0.39, 0.29) is 12.4 Å². The number of ether oxygens (including phenoxy) is 2. The lowest BCUT2D eigenvalue weighted by atomic mass is 10.2. The molecule has 1 aliphatic rings. The molecule has 2 aromatic carbocycles. The number of fused-ring (bicyclic) bond motifs is 2. The Bertz CT molecular complexity index is 788. The van der Waals surface area contributed by atoms with Gasteiger partial charge in [-0.1, -0.05) is 12.1 Å². The largest absolute Gasteiger partial charge is 0.454 e. The molecule has 4 nitrogen and oxygen atoms in total. The molecule has 0 spiro atoms. The number of hydrogen-bond donors (Lipinski definition) is 0. The zero-order chi connectivity index (χ0) is 13.7. The van der Waals surface area contributed by atoms with Crippen molar-refractivity contribution in [1.82, 2.24) is 4.57 Å². The second-order valence-electron chi connectivity index (χ2n) is 5.00. The van der Waals surface area contributed by atoms with Crippen LogP contribution in [0, 0.1) is 0 Å². The number of imidazole rings is 1. The van der Waals surface area contributed by atoms with E-state index in [9.17, 15) is 0 Å². The maximum atomic E-state index is 5.47. The van der Waals surface area contributed by atoms with Gasteiger partial charge in [0.25, 0.3) is 5.82 Å². The molecule has 0 bridgehead atoms. The Morgan fingerprint density at radius 1 is 1.05 bits per heavy atom. The molecule has 0 atom stereocenters. The second-order valence-corrected chi connectivity index (χ2v) is 5.00. The molecule has 5 heteroatoms. The molecule has 108 valence electrons. The van der Waals surface area contributed by atoms with Gasteiger partial charge in [-0.05, 0) is 30.3 Å². The average Bonchev–Trinajstić information content (AvgIpc) is 3.03. The van der Waals surface area contributed by atoms with Crippen molar-refractivity contribution in [3.8, 4) is 22.9 Å². The molecule has 0 amide bonds. The molecule has 0 saturated heterocycles. The molecule has 0 radical (unpaired) electrons. The van der Waals surface area contributed by atoms with Gasteiger partial charge in [-0.3, -0.25) is 0 Å². The first kappa shape index (κ1) is 13.8. The van der Waals surface area contributed by atoms with Crippen LogP contribution in [0.25, 0.3) is 22.4 Å². The van der Waals surface area contributed by atoms with E-state index in [1.807, 2.05) is 12.1 Å². The van der Waals surface area contributed by atoms with Crippen LogP contribution < -0.4 is 14.0 Å². The second kappa shape index (κ2) is 4.97. The maximum absolute atomic E-state index is 5.47. The third-order valence-electron chi connectivity index (χ3n) is 3.87. The highest BCUT2D eigenvalue weighted by molar-refractivity contribution is 5.85. The summed E-state index contributed by atoms with van der Waals surface area (Å²) in [4.78, 5) is 0. The summed E-state index contributed by atoms with van der Waals surface area (Å²) in [6, 6.07) is 14.5. The minimum absolute atomic E-state index is 0. The van der Waals surface area contributed by atoms with Gasteiger partial charge in [-0.15, -0.1) is 12.4 Å². The Hall–Kier alpha value is -2.20. The molecule has 0 aliphatic carbocycles. The van der Waals surface area contributed by atoms with Crippen LogP contribution in [-0.2, 0) is 14.1 Å². The van der Waals surface area contributed by atoms with Crippen LogP contribution in [0.15, 0.2) is 42.5 Å². The summed E-state index contributed by atoms with van der Waals surface area (Å²) in [6.07, 6.45) is 0. The summed E-state index contributed by atoms with van der Waals surface area (Å²) in [6.45, 7) is 0.306. The van der Waals surface area contributed by atoms with Crippen molar-refractivity contribution in [2.75, 3.05) is 6.79 Å². The highest BCUT2D eigenvalue weighted by Gasteiger charge is 2.23. The Morgan fingerprint density at radius 2 is 1.81 bits per heavy atom. The van der Waals surface area contributed by atoms with Crippen molar-refractivity contribution >= 4 is 23.4 Å². The lowest BCUT2D eigenvalue weighted by Crippen LogP contribution is -2.29. The van der Waals surface area contributed by atoms with Crippen LogP contribution in [0.3, 0.4) is 0 Å². The number of aromatic nitrogens is 2. The summed E-state index contributed by atoms with van der Waals surface area (Å²) in [7, 11) is 4.17.